The number of benzene rings is 2. The van der Waals surface area contributed by atoms with E-state index in [0.717, 1.165) is 23.4 Å². The van der Waals surface area contributed by atoms with Crippen LogP contribution in [0, 0.1) is 5.92 Å². The van der Waals surface area contributed by atoms with Gasteiger partial charge < -0.3 is 10.1 Å². The van der Waals surface area contributed by atoms with Gasteiger partial charge in [-0.3, -0.25) is 14.6 Å². The maximum Gasteiger partial charge on any atom is 0.259 e. The van der Waals surface area contributed by atoms with Gasteiger partial charge in [-0.15, -0.1) is 0 Å². The van der Waals surface area contributed by atoms with Crippen molar-refractivity contribution >= 4 is 46.0 Å². The van der Waals surface area contributed by atoms with Crippen molar-refractivity contribution in [2.45, 2.75) is 44.9 Å². The van der Waals surface area contributed by atoms with Gasteiger partial charge in [0.15, 0.2) is 5.17 Å². The molecular formula is C25H28N4O3S. The van der Waals surface area contributed by atoms with E-state index < -0.39 is 11.3 Å². The van der Waals surface area contributed by atoms with E-state index in [1.807, 2.05) is 38.1 Å². The Labute approximate surface area is 198 Å². The molecule has 2 heterocycles. The topological polar surface area (TPSA) is 83.4 Å². The quantitative estimate of drug-likeness (QED) is 0.635. The summed E-state index contributed by atoms with van der Waals surface area (Å²) in [5.74, 6) is 1.25. The molecule has 2 aromatic carbocycles. The van der Waals surface area contributed by atoms with Gasteiger partial charge in [-0.2, -0.15) is 0 Å². The average molecular weight is 465 g/mol. The summed E-state index contributed by atoms with van der Waals surface area (Å²) in [6, 6.07) is 14.4. The van der Waals surface area contributed by atoms with Crippen LogP contribution in [0.1, 0.15) is 39.2 Å². The summed E-state index contributed by atoms with van der Waals surface area (Å²) in [6.45, 7) is 6.05. The normalized spacial score (nSPS) is 18.6. The molecule has 3 unspecified atom stereocenters. The monoisotopic (exact) mass is 464 g/mol. The number of fused-ring (bicyclic) bond motifs is 3. The lowest BCUT2D eigenvalue weighted by Crippen LogP contribution is -2.43. The minimum atomic E-state index is -0.435. The highest BCUT2D eigenvalue weighted by Crippen LogP contribution is 2.36. The van der Waals surface area contributed by atoms with Crippen LogP contribution in [0.25, 0.3) is 0 Å². The predicted octanol–water partition coefficient (Wildman–Crippen LogP) is 4.85. The van der Waals surface area contributed by atoms with E-state index in [0.29, 0.717) is 23.1 Å². The Kier molecular flexibility index (Phi) is 6.83. The Balaban J connectivity index is 1.60. The zero-order valence-corrected chi connectivity index (χ0v) is 20.1. The Morgan fingerprint density at radius 3 is 2.55 bits per heavy atom. The summed E-state index contributed by atoms with van der Waals surface area (Å²) in [4.78, 5) is 37.6. The van der Waals surface area contributed by atoms with Gasteiger partial charge in [0, 0.05) is 11.3 Å². The number of carbonyl (C=O) groups excluding carboxylic acids is 2. The SMILES string of the molecule is CCC(SC1=Nc2ccccc2C2=NC(C(C)CC)C(=O)N12)C(=O)Nc1ccc(OC)cc1. The number of methoxy groups -OCH3 is 1. The van der Waals surface area contributed by atoms with Crippen LogP contribution in [0.2, 0.25) is 0 Å². The highest BCUT2D eigenvalue weighted by atomic mass is 32.2. The van der Waals surface area contributed by atoms with Crippen molar-refractivity contribution in [1.82, 2.24) is 4.90 Å². The first-order chi connectivity index (χ1) is 16.0. The van der Waals surface area contributed by atoms with Crippen LogP contribution >= 0.6 is 11.8 Å². The maximum atomic E-state index is 13.4. The minimum absolute atomic E-state index is 0.0782. The van der Waals surface area contributed by atoms with E-state index in [-0.39, 0.29) is 17.7 Å². The Morgan fingerprint density at radius 1 is 1.15 bits per heavy atom. The molecule has 7 nitrogen and oxygen atoms in total. The van der Waals surface area contributed by atoms with Gasteiger partial charge >= 0.3 is 0 Å². The first-order valence-electron chi connectivity index (χ1n) is 11.2. The van der Waals surface area contributed by atoms with E-state index in [2.05, 4.69) is 12.2 Å². The van der Waals surface area contributed by atoms with Crippen LogP contribution < -0.4 is 10.1 Å². The standard InChI is InChI=1S/C25H28N4O3S/c1-5-15(3)21-24(31)29-22(28-21)18-9-7-8-10-19(18)27-25(29)33-20(6-2)23(30)26-16-11-13-17(32-4)14-12-16/h7-15,20-21H,5-6H2,1-4H3,(H,26,30). The molecule has 0 radical (unpaired) electrons. The third-order valence-corrected chi connectivity index (χ3v) is 7.27. The number of nitrogens with zero attached hydrogens (tertiary/aromatic N) is 3. The highest BCUT2D eigenvalue weighted by molar-refractivity contribution is 8.15. The molecule has 1 N–H and O–H groups in total. The molecule has 2 aliphatic heterocycles. The largest absolute Gasteiger partial charge is 0.497 e. The molecule has 172 valence electrons. The van der Waals surface area contributed by atoms with Crippen LogP contribution in [0.3, 0.4) is 0 Å². The number of nitrogens with one attached hydrogen (secondary N) is 1. The van der Waals surface area contributed by atoms with Crippen molar-refractivity contribution in [3.05, 3.63) is 54.1 Å². The fourth-order valence-corrected chi connectivity index (χ4v) is 4.81. The number of ether oxygens (including phenoxy) is 1. The molecular weight excluding hydrogens is 436 g/mol. The van der Waals surface area contributed by atoms with Gasteiger partial charge in [0.1, 0.15) is 17.6 Å². The molecule has 2 aliphatic rings. The Morgan fingerprint density at radius 2 is 1.88 bits per heavy atom. The lowest BCUT2D eigenvalue weighted by atomic mass is 10.00. The lowest BCUT2D eigenvalue weighted by molar-refractivity contribution is -0.125. The molecule has 0 saturated heterocycles. The molecule has 0 aliphatic carbocycles. The summed E-state index contributed by atoms with van der Waals surface area (Å²) in [7, 11) is 1.60. The van der Waals surface area contributed by atoms with Crippen LogP contribution in [-0.4, -0.2) is 46.1 Å². The summed E-state index contributed by atoms with van der Waals surface area (Å²) in [5, 5.41) is 3.03. The second kappa shape index (κ2) is 9.79. The van der Waals surface area contributed by atoms with Crippen LogP contribution in [0.15, 0.2) is 58.5 Å². The number of rotatable bonds is 7. The molecule has 0 aromatic heterocycles. The number of anilines is 1. The summed E-state index contributed by atoms with van der Waals surface area (Å²) in [6.07, 6.45) is 1.43. The summed E-state index contributed by atoms with van der Waals surface area (Å²) in [5.41, 5.74) is 2.29. The van der Waals surface area contributed by atoms with Crippen LogP contribution in [0.4, 0.5) is 11.4 Å². The molecule has 3 atom stereocenters. The fraction of sp³-hybridized carbons (Fsp3) is 0.360. The van der Waals surface area contributed by atoms with Crippen LogP contribution in [0.5, 0.6) is 5.75 Å². The van der Waals surface area contributed by atoms with Crippen LogP contribution in [-0.2, 0) is 9.59 Å². The maximum absolute atomic E-state index is 13.4. The van der Waals surface area contributed by atoms with Gasteiger partial charge in [-0.05, 0) is 48.7 Å². The van der Waals surface area contributed by atoms with Crippen molar-refractivity contribution in [3.8, 4) is 5.75 Å². The number of amidine groups is 2. The fourth-order valence-electron chi connectivity index (χ4n) is 3.79. The Bertz CT molecular complexity index is 1110. The molecule has 33 heavy (non-hydrogen) atoms. The summed E-state index contributed by atoms with van der Waals surface area (Å²) >= 11 is 1.30. The number of hydrogen-bond donors (Lipinski definition) is 1. The van der Waals surface area contributed by atoms with Crippen molar-refractivity contribution < 1.29 is 14.3 Å². The molecule has 0 bridgehead atoms. The van der Waals surface area contributed by atoms with E-state index in [9.17, 15) is 9.59 Å². The average Bonchev–Trinajstić information content (AvgIpc) is 3.20. The Hall–Kier alpha value is -3.13. The second-order valence-electron chi connectivity index (χ2n) is 8.10. The number of para-hydroxylation sites is 1. The smallest absolute Gasteiger partial charge is 0.259 e. The van der Waals surface area contributed by atoms with Crippen molar-refractivity contribution in [3.63, 3.8) is 0 Å². The lowest BCUT2D eigenvalue weighted by Gasteiger charge is -2.27. The third-order valence-electron chi connectivity index (χ3n) is 5.95. The zero-order chi connectivity index (χ0) is 23.5. The summed E-state index contributed by atoms with van der Waals surface area (Å²) < 4.78 is 5.17. The van der Waals surface area contributed by atoms with E-state index in [4.69, 9.17) is 14.7 Å². The highest BCUT2D eigenvalue weighted by Gasteiger charge is 2.43. The number of aliphatic imine (C=N–C) groups is 2. The number of carbonyl (C=O) groups is 2. The first-order valence-corrected chi connectivity index (χ1v) is 12.1. The van der Waals surface area contributed by atoms with Gasteiger partial charge in [0.25, 0.3) is 5.91 Å². The predicted molar refractivity (Wildman–Crippen MR) is 133 cm³/mol. The minimum Gasteiger partial charge on any atom is -0.497 e. The molecule has 8 heteroatoms. The van der Waals surface area contributed by atoms with Gasteiger partial charge in [-0.25, -0.2) is 9.89 Å². The van der Waals surface area contributed by atoms with Crippen molar-refractivity contribution in [2.75, 3.05) is 12.4 Å². The van der Waals surface area contributed by atoms with Gasteiger partial charge in [0.05, 0.1) is 18.0 Å². The van der Waals surface area contributed by atoms with Gasteiger partial charge in [0.2, 0.25) is 5.91 Å². The molecule has 4 rings (SSSR count). The first kappa shape index (κ1) is 23.0. The van der Waals surface area contributed by atoms with Gasteiger partial charge in [-0.1, -0.05) is 51.1 Å². The van der Waals surface area contributed by atoms with E-state index in [1.54, 1.807) is 36.3 Å². The number of thioether (sulfide) groups is 1. The number of hydrogen-bond acceptors (Lipinski definition) is 6. The third kappa shape index (κ3) is 4.53. The zero-order valence-electron chi connectivity index (χ0n) is 19.2. The molecule has 2 amide bonds. The molecule has 0 spiro atoms. The van der Waals surface area contributed by atoms with Crippen molar-refractivity contribution in [1.29, 1.82) is 0 Å². The van der Waals surface area contributed by atoms with E-state index in [1.165, 1.54) is 11.8 Å². The number of amides is 2. The molecule has 0 saturated carbocycles. The van der Waals surface area contributed by atoms with Crippen molar-refractivity contribution in [2.24, 2.45) is 15.9 Å². The second-order valence-corrected chi connectivity index (χ2v) is 9.27. The molecule has 0 fully saturated rings. The molecule has 2 aromatic rings. The van der Waals surface area contributed by atoms with E-state index >= 15 is 0 Å².